The van der Waals surface area contributed by atoms with E-state index in [4.69, 9.17) is 26.4 Å². The van der Waals surface area contributed by atoms with Gasteiger partial charge in [-0.2, -0.15) is 0 Å². The summed E-state index contributed by atoms with van der Waals surface area (Å²) in [6, 6.07) is 9.46. The fourth-order valence-corrected chi connectivity index (χ4v) is 3.49. The van der Waals surface area contributed by atoms with Gasteiger partial charge in [0.15, 0.2) is 16.6 Å². The number of hydrogen-bond donors (Lipinski definition) is 4. The molecule has 0 bridgehead atoms. The predicted molar refractivity (Wildman–Crippen MR) is 117 cm³/mol. The predicted octanol–water partition coefficient (Wildman–Crippen LogP) is 2.85. The molecule has 0 radical (unpaired) electrons. The zero-order valence-corrected chi connectivity index (χ0v) is 17.8. The summed E-state index contributed by atoms with van der Waals surface area (Å²) >= 11 is 5.28. The topological polar surface area (TPSA) is 101 Å². The molecule has 4 N–H and O–H groups in total. The SMILES string of the molecule is COc1ccc(OC)c(NC(=O)C2=C(C)NC(=S)N[C@H]2c2ccc(O)c(OC)c2)c1. The highest BCUT2D eigenvalue weighted by Crippen LogP contribution is 2.35. The maximum absolute atomic E-state index is 13.3. The van der Waals surface area contributed by atoms with Crippen molar-refractivity contribution >= 4 is 28.9 Å². The first-order chi connectivity index (χ1) is 14.4. The number of ether oxygens (including phenoxy) is 3. The number of aromatic hydroxyl groups is 1. The third-order valence-corrected chi connectivity index (χ3v) is 4.93. The van der Waals surface area contributed by atoms with Crippen LogP contribution < -0.4 is 30.2 Å². The van der Waals surface area contributed by atoms with E-state index in [0.717, 1.165) is 0 Å². The average molecular weight is 429 g/mol. The minimum atomic E-state index is -0.551. The van der Waals surface area contributed by atoms with Crippen LogP contribution in [0, 0.1) is 0 Å². The van der Waals surface area contributed by atoms with E-state index >= 15 is 0 Å². The quantitative estimate of drug-likeness (QED) is 0.520. The first kappa shape index (κ1) is 21.3. The molecule has 0 aliphatic carbocycles. The number of phenols is 1. The molecular weight excluding hydrogens is 406 g/mol. The second-order valence-electron chi connectivity index (χ2n) is 6.52. The zero-order chi connectivity index (χ0) is 21.8. The minimum Gasteiger partial charge on any atom is -0.504 e. The Bertz CT molecular complexity index is 1020. The number of carbonyl (C=O) groups is 1. The van der Waals surface area contributed by atoms with Gasteiger partial charge >= 0.3 is 0 Å². The second-order valence-corrected chi connectivity index (χ2v) is 6.93. The molecule has 2 aromatic rings. The number of allylic oxidation sites excluding steroid dienone is 1. The van der Waals surface area contributed by atoms with Crippen LogP contribution in [0.15, 0.2) is 47.7 Å². The van der Waals surface area contributed by atoms with Crippen LogP contribution in [-0.4, -0.2) is 37.5 Å². The van der Waals surface area contributed by atoms with Gasteiger partial charge in [-0.15, -0.1) is 0 Å². The van der Waals surface area contributed by atoms with Crippen LogP contribution in [0.4, 0.5) is 5.69 Å². The lowest BCUT2D eigenvalue weighted by molar-refractivity contribution is -0.113. The summed E-state index contributed by atoms with van der Waals surface area (Å²) in [6.07, 6.45) is 0. The number of rotatable bonds is 6. The van der Waals surface area contributed by atoms with Crippen LogP contribution in [0.5, 0.6) is 23.0 Å². The average Bonchev–Trinajstić information content (AvgIpc) is 2.73. The van der Waals surface area contributed by atoms with Gasteiger partial charge in [-0.05, 0) is 49.0 Å². The summed E-state index contributed by atoms with van der Waals surface area (Å²) in [5.41, 5.74) is 2.21. The lowest BCUT2D eigenvalue weighted by Crippen LogP contribution is -2.45. The number of benzene rings is 2. The van der Waals surface area contributed by atoms with Crippen molar-refractivity contribution in [2.24, 2.45) is 0 Å². The van der Waals surface area contributed by atoms with Crippen LogP contribution in [-0.2, 0) is 4.79 Å². The molecule has 1 aliphatic rings. The van der Waals surface area contributed by atoms with Gasteiger partial charge in [0.25, 0.3) is 5.91 Å². The van der Waals surface area contributed by atoms with Crippen LogP contribution in [0.2, 0.25) is 0 Å². The molecular formula is C21H23N3O5S. The smallest absolute Gasteiger partial charge is 0.255 e. The number of nitrogens with one attached hydrogen (secondary N) is 3. The molecule has 0 fully saturated rings. The Morgan fingerprint density at radius 1 is 1.07 bits per heavy atom. The number of thiocarbonyl (C=S) groups is 1. The number of carbonyl (C=O) groups excluding carboxylic acids is 1. The van der Waals surface area contributed by atoms with E-state index in [9.17, 15) is 9.90 Å². The molecule has 9 heteroatoms. The number of phenolic OH excluding ortho intramolecular Hbond substituents is 1. The molecule has 158 valence electrons. The Balaban J connectivity index is 2.00. The fourth-order valence-electron chi connectivity index (χ4n) is 3.22. The maximum atomic E-state index is 13.3. The van der Waals surface area contributed by atoms with Crippen LogP contribution in [0.1, 0.15) is 18.5 Å². The molecule has 30 heavy (non-hydrogen) atoms. The van der Waals surface area contributed by atoms with Crippen molar-refractivity contribution in [2.45, 2.75) is 13.0 Å². The highest BCUT2D eigenvalue weighted by molar-refractivity contribution is 7.80. The standard InChI is InChI=1S/C21H23N3O5S/c1-11-18(20(26)23-14-10-13(27-2)6-8-16(14)28-3)19(24-21(30)22-11)12-5-7-15(25)17(9-12)29-4/h5-10,19,25H,1-4H3,(H,23,26)(H2,22,24,30)/t19-/m0/s1. The van der Waals surface area contributed by atoms with Gasteiger partial charge in [-0.3, -0.25) is 4.79 Å². The van der Waals surface area contributed by atoms with Crippen LogP contribution >= 0.6 is 12.2 Å². The molecule has 0 aromatic heterocycles. The van der Waals surface area contributed by atoms with Crippen molar-refractivity contribution in [3.63, 3.8) is 0 Å². The minimum absolute atomic E-state index is 0.00517. The van der Waals surface area contributed by atoms with Gasteiger partial charge in [-0.25, -0.2) is 0 Å². The summed E-state index contributed by atoms with van der Waals surface area (Å²) < 4.78 is 15.8. The van der Waals surface area contributed by atoms with Gasteiger partial charge in [0, 0.05) is 11.8 Å². The van der Waals surface area contributed by atoms with Gasteiger partial charge in [0.05, 0.1) is 38.6 Å². The second kappa shape index (κ2) is 8.91. The Labute approximate surface area is 179 Å². The summed E-state index contributed by atoms with van der Waals surface area (Å²) in [4.78, 5) is 13.3. The largest absolute Gasteiger partial charge is 0.504 e. The first-order valence-electron chi connectivity index (χ1n) is 9.06. The van der Waals surface area contributed by atoms with E-state index in [-0.39, 0.29) is 11.7 Å². The van der Waals surface area contributed by atoms with E-state index in [1.54, 1.807) is 44.4 Å². The molecule has 1 amide bonds. The van der Waals surface area contributed by atoms with Crippen molar-refractivity contribution in [3.8, 4) is 23.0 Å². The first-order valence-corrected chi connectivity index (χ1v) is 9.47. The Kier molecular flexibility index (Phi) is 6.31. The molecule has 1 heterocycles. The van der Waals surface area contributed by atoms with Crippen LogP contribution in [0.3, 0.4) is 0 Å². The number of amides is 1. The van der Waals surface area contributed by atoms with E-state index in [1.165, 1.54) is 20.3 Å². The van der Waals surface area contributed by atoms with Gasteiger partial charge in [0.1, 0.15) is 11.5 Å². The Morgan fingerprint density at radius 2 is 1.80 bits per heavy atom. The van der Waals surface area contributed by atoms with Crippen molar-refractivity contribution in [1.82, 2.24) is 10.6 Å². The fraction of sp³-hybridized carbons (Fsp3) is 0.238. The number of hydrogen-bond acceptors (Lipinski definition) is 6. The number of anilines is 1. The normalized spacial score (nSPS) is 15.7. The molecule has 8 nitrogen and oxygen atoms in total. The lowest BCUT2D eigenvalue weighted by atomic mass is 9.94. The van der Waals surface area contributed by atoms with E-state index in [1.807, 2.05) is 0 Å². The van der Waals surface area contributed by atoms with Gasteiger partial charge in [0.2, 0.25) is 0 Å². The van der Waals surface area contributed by atoms with Crippen molar-refractivity contribution < 1.29 is 24.1 Å². The van der Waals surface area contributed by atoms with E-state index < -0.39 is 6.04 Å². The monoisotopic (exact) mass is 429 g/mol. The molecule has 3 rings (SSSR count). The van der Waals surface area contributed by atoms with Crippen molar-refractivity contribution in [2.75, 3.05) is 26.6 Å². The Morgan fingerprint density at radius 3 is 2.47 bits per heavy atom. The third-order valence-electron chi connectivity index (χ3n) is 4.71. The summed E-state index contributed by atoms with van der Waals surface area (Å²) in [7, 11) is 4.53. The van der Waals surface area contributed by atoms with Gasteiger partial charge < -0.3 is 35.3 Å². The summed E-state index contributed by atoms with van der Waals surface area (Å²) in [6.45, 7) is 1.77. The summed E-state index contributed by atoms with van der Waals surface area (Å²) in [5, 5.41) is 19.3. The molecule has 1 atom stereocenters. The lowest BCUT2D eigenvalue weighted by Gasteiger charge is -2.30. The van der Waals surface area contributed by atoms with Gasteiger partial charge in [-0.1, -0.05) is 6.07 Å². The highest BCUT2D eigenvalue weighted by atomic mass is 32.1. The molecule has 0 saturated heterocycles. The maximum Gasteiger partial charge on any atom is 0.255 e. The third kappa shape index (κ3) is 4.25. The van der Waals surface area contributed by atoms with Crippen molar-refractivity contribution in [1.29, 1.82) is 0 Å². The molecule has 2 aromatic carbocycles. The van der Waals surface area contributed by atoms with Crippen LogP contribution in [0.25, 0.3) is 0 Å². The highest BCUT2D eigenvalue weighted by Gasteiger charge is 2.31. The van der Waals surface area contributed by atoms with E-state index in [2.05, 4.69) is 16.0 Å². The number of methoxy groups -OCH3 is 3. The van der Waals surface area contributed by atoms with E-state index in [0.29, 0.717) is 44.9 Å². The zero-order valence-electron chi connectivity index (χ0n) is 17.0. The van der Waals surface area contributed by atoms with Crippen molar-refractivity contribution in [3.05, 3.63) is 53.2 Å². The molecule has 0 spiro atoms. The Hall–Kier alpha value is -3.46. The molecule has 0 saturated carbocycles. The molecule has 1 aliphatic heterocycles. The summed E-state index contributed by atoms with van der Waals surface area (Å²) in [5.74, 6) is 1.03. The molecule has 0 unspecified atom stereocenters.